The van der Waals surface area contributed by atoms with Crippen molar-refractivity contribution in [2.45, 2.75) is 17.4 Å². The Morgan fingerprint density at radius 3 is 2.75 bits per heavy atom. The third kappa shape index (κ3) is 4.20. The average molecular weight is 341 g/mol. The second-order valence-electron chi connectivity index (χ2n) is 4.97. The zero-order chi connectivity index (χ0) is 16.8. The number of pyridine rings is 1. The van der Waals surface area contributed by atoms with Gasteiger partial charge in [0.25, 0.3) is 5.22 Å². The molecule has 1 aromatic carbocycles. The van der Waals surface area contributed by atoms with Crippen molar-refractivity contribution in [3.05, 3.63) is 59.9 Å². The zero-order valence-corrected chi connectivity index (χ0v) is 13.8. The van der Waals surface area contributed by atoms with E-state index >= 15 is 0 Å². The number of hydrogen-bond donors (Lipinski definition) is 0. The number of esters is 1. The summed E-state index contributed by atoms with van der Waals surface area (Å²) in [5.74, 6) is 0.894. The Hall–Kier alpha value is -2.67. The molecule has 0 atom stereocenters. The highest BCUT2D eigenvalue weighted by Gasteiger charge is 2.09. The molecule has 3 aromatic rings. The van der Waals surface area contributed by atoms with Gasteiger partial charge in [-0.15, -0.1) is 10.2 Å². The van der Waals surface area contributed by atoms with Gasteiger partial charge in [-0.3, -0.25) is 9.78 Å². The van der Waals surface area contributed by atoms with Crippen molar-refractivity contribution in [3.63, 3.8) is 0 Å². The van der Waals surface area contributed by atoms with Crippen molar-refractivity contribution in [2.75, 3.05) is 7.11 Å². The quantitative estimate of drug-likeness (QED) is 0.503. The molecule has 2 aromatic heterocycles. The highest BCUT2D eigenvalue weighted by Crippen LogP contribution is 2.25. The van der Waals surface area contributed by atoms with Crippen LogP contribution >= 0.6 is 11.8 Å². The predicted octanol–water partition coefficient (Wildman–Crippen LogP) is 3.14. The van der Waals surface area contributed by atoms with Gasteiger partial charge in [0.05, 0.1) is 13.5 Å². The molecular weight excluding hydrogens is 326 g/mol. The summed E-state index contributed by atoms with van der Waals surface area (Å²) in [6.45, 7) is 0. The Labute approximate surface area is 143 Å². The number of ether oxygens (including phenoxy) is 1. The number of benzene rings is 1. The summed E-state index contributed by atoms with van der Waals surface area (Å²) >= 11 is 1.45. The lowest BCUT2D eigenvalue weighted by atomic mass is 10.1. The minimum Gasteiger partial charge on any atom is -0.469 e. The molecule has 24 heavy (non-hydrogen) atoms. The molecule has 0 spiro atoms. The molecule has 0 bridgehead atoms. The lowest BCUT2D eigenvalue weighted by molar-refractivity contribution is -0.139. The summed E-state index contributed by atoms with van der Waals surface area (Å²) in [4.78, 5) is 15.3. The molecule has 0 aliphatic carbocycles. The smallest absolute Gasteiger partial charge is 0.309 e. The van der Waals surface area contributed by atoms with Crippen LogP contribution in [-0.2, 0) is 21.7 Å². The first-order chi connectivity index (χ1) is 11.7. The monoisotopic (exact) mass is 341 g/mol. The summed E-state index contributed by atoms with van der Waals surface area (Å²) in [5.41, 5.74) is 2.83. The maximum atomic E-state index is 11.3. The Bertz CT molecular complexity index is 821. The second kappa shape index (κ2) is 7.74. The van der Waals surface area contributed by atoms with E-state index in [0.717, 1.165) is 16.7 Å². The zero-order valence-electron chi connectivity index (χ0n) is 13.0. The van der Waals surface area contributed by atoms with Gasteiger partial charge in [0, 0.05) is 23.7 Å². The van der Waals surface area contributed by atoms with Crippen molar-refractivity contribution in [2.24, 2.45) is 0 Å². The van der Waals surface area contributed by atoms with Crippen LogP contribution in [0.2, 0.25) is 0 Å². The average Bonchev–Trinajstić information content (AvgIpc) is 3.10. The van der Waals surface area contributed by atoms with Gasteiger partial charge in [0.1, 0.15) is 0 Å². The van der Waals surface area contributed by atoms with Gasteiger partial charge >= 0.3 is 5.97 Å². The fourth-order valence-corrected chi connectivity index (χ4v) is 2.80. The van der Waals surface area contributed by atoms with Gasteiger partial charge in [0.15, 0.2) is 0 Å². The molecule has 3 rings (SSSR count). The van der Waals surface area contributed by atoms with Gasteiger partial charge in [-0.1, -0.05) is 36.0 Å². The number of carbonyl (C=O) groups excluding carboxylic acids is 1. The number of nitrogens with zero attached hydrogens (tertiary/aromatic N) is 3. The van der Waals surface area contributed by atoms with Crippen molar-refractivity contribution in [1.82, 2.24) is 15.2 Å². The molecule has 0 fully saturated rings. The number of thioether (sulfide) groups is 1. The Balaban J connectivity index is 1.63. The number of carbonyl (C=O) groups is 1. The molecule has 0 aliphatic heterocycles. The predicted molar refractivity (Wildman–Crippen MR) is 89.3 cm³/mol. The highest BCUT2D eigenvalue weighted by molar-refractivity contribution is 7.98. The van der Waals surface area contributed by atoms with Crippen LogP contribution < -0.4 is 0 Å². The first-order valence-electron chi connectivity index (χ1n) is 7.26. The first-order valence-corrected chi connectivity index (χ1v) is 8.24. The minimum atomic E-state index is -0.251. The van der Waals surface area contributed by atoms with E-state index in [4.69, 9.17) is 4.42 Å². The van der Waals surface area contributed by atoms with E-state index < -0.39 is 0 Å². The second-order valence-corrected chi connectivity index (χ2v) is 5.90. The fraction of sp³-hybridized carbons (Fsp3) is 0.176. The van der Waals surface area contributed by atoms with Gasteiger partial charge < -0.3 is 9.15 Å². The summed E-state index contributed by atoms with van der Waals surface area (Å²) in [7, 11) is 1.39. The number of aromatic nitrogens is 3. The van der Waals surface area contributed by atoms with Crippen molar-refractivity contribution in [1.29, 1.82) is 0 Å². The highest BCUT2D eigenvalue weighted by atomic mass is 32.2. The standard InChI is InChI=1S/C17H15N3O3S/c1-22-15(21)10-12-3-2-4-13(9-12)11-24-17-20-19-16(23-17)14-5-7-18-8-6-14/h2-9H,10-11H2,1H3. The molecule has 0 amide bonds. The molecule has 0 saturated heterocycles. The third-order valence-corrected chi connectivity index (χ3v) is 4.15. The van der Waals surface area contributed by atoms with Gasteiger partial charge in [0.2, 0.25) is 5.89 Å². The third-order valence-electron chi connectivity index (χ3n) is 3.26. The lowest BCUT2D eigenvalue weighted by Gasteiger charge is -2.03. The number of hydrogen-bond acceptors (Lipinski definition) is 7. The van der Waals surface area contributed by atoms with E-state index in [1.165, 1.54) is 18.9 Å². The summed E-state index contributed by atoms with van der Waals surface area (Å²) in [5, 5.41) is 8.58. The summed E-state index contributed by atoms with van der Waals surface area (Å²) < 4.78 is 10.3. The van der Waals surface area contributed by atoms with Gasteiger partial charge in [-0.05, 0) is 23.3 Å². The maximum Gasteiger partial charge on any atom is 0.309 e. The van der Waals surface area contributed by atoms with E-state index in [1.54, 1.807) is 12.4 Å². The topological polar surface area (TPSA) is 78.1 Å². The van der Waals surface area contributed by atoms with Crippen LogP contribution in [0.25, 0.3) is 11.5 Å². The van der Waals surface area contributed by atoms with Crippen LogP contribution in [0.4, 0.5) is 0 Å². The van der Waals surface area contributed by atoms with Gasteiger partial charge in [-0.2, -0.15) is 0 Å². The number of rotatable bonds is 6. The summed E-state index contributed by atoms with van der Waals surface area (Å²) in [6, 6.07) is 11.4. The molecule has 0 radical (unpaired) electrons. The largest absolute Gasteiger partial charge is 0.469 e. The normalized spacial score (nSPS) is 10.5. The molecule has 2 heterocycles. The molecule has 0 unspecified atom stereocenters. The molecule has 0 saturated carbocycles. The SMILES string of the molecule is COC(=O)Cc1cccc(CSc2nnc(-c3ccncc3)o2)c1. The minimum absolute atomic E-state index is 0.251. The van der Waals surface area contributed by atoms with E-state index in [1.807, 2.05) is 36.4 Å². The van der Waals surface area contributed by atoms with Crippen molar-refractivity contribution < 1.29 is 13.9 Å². The van der Waals surface area contributed by atoms with Crippen LogP contribution in [0.3, 0.4) is 0 Å². The van der Waals surface area contributed by atoms with Crippen LogP contribution in [0.1, 0.15) is 11.1 Å². The van der Waals surface area contributed by atoms with E-state index in [-0.39, 0.29) is 12.4 Å². The van der Waals surface area contributed by atoms with Crippen molar-refractivity contribution in [3.8, 4) is 11.5 Å². The van der Waals surface area contributed by atoms with E-state index in [0.29, 0.717) is 16.9 Å². The molecule has 6 nitrogen and oxygen atoms in total. The maximum absolute atomic E-state index is 11.3. The summed E-state index contributed by atoms with van der Waals surface area (Å²) in [6.07, 6.45) is 3.63. The molecular formula is C17H15N3O3S. The fourth-order valence-electron chi connectivity index (χ4n) is 2.09. The molecule has 7 heteroatoms. The molecule has 0 N–H and O–H groups in total. The lowest BCUT2D eigenvalue weighted by Crippen LogP contribution is -2.04. The Morgan fingerprint density at radius 1 is 1.17 bits per heavy atom. The molecule has 122 valence electrons. The van der Waals surface area contributed by atoms with E-state index in [9.17, 15) is 4.79 Å². The van der Waals surface area contributed by atoms with Gasteiger partial charge in [-0.25, -0.2) is 0 Å². The Kier molecular flexibility index (Phi) is 5.22. The van der Waals surface area contributed by atoms with Crippen LogP contribution in [-0.4, -0.2) is 28.3 Å². The van der Waals surface area contributed by atoms with Crippen molar-refractivity contribution >= 4 is 17.7 Å². The Morgan fingerprint density at radius 2 is 1.96 bits per heavy atom. The van der Waals surface area contributed by atoms with E-state index in [2.05, 4.69) is 19.9 Å². The van der Waals surface area contributed by atoms with Crippen LogP contribution in [0, 0.1) is 0 Å². The number of methoxy groups -OCH3 is 1. The molecule has 0 aliphatic rings. The van der Waals surface area contributed by atoms with Crippen LogP contribution in [0.15, 0.2) is 58.4 Å². The van der Waals surface area contributed by atoms with Crippen LogP contribution in [0.5, 0.6) is 0 Å². The first kappa shape index (κ1) is 16.2.